The second-order valence-corrected chi connectivity index (χ2v) is 7.76. The molecule has 1 unspecified atom stereocenters. The maximum absolute atomic E-state index is 11.4. The van der Waals surface area contributed by atoms with Gasteiger partial charge in [-0.1, -0.05) is 19.1 Å². The van der Waals surface area contributed by atoms with E-state index in [0.717, 1.165) is 18.5 Å². The van der Waals surface area contributed by atoms with Gasteiger partial charge in [0.1, 0.15) is 0 Å². The van der Waals surface area contributed by atoms with Gasteiger partial charge in [0.15, 0.2) is 0 Å². The van der Waals surface area contributed by atoms with E-state index in [1.54, 1.807) is 23.5 Å². The summed E-state index contributed by atoms with van der Waals surface area (Å²) in [7, 11) is -3.65. The molecule has 1 aromatic carbocycles. The first-order valence-corrected chi connectivity index (χ1v) is 9.20. The van der Waals surface area contributed by atoms with E-state index in [1.165, 1.54) is 15.8 Å². The number of aryl methyl sites for hydroxylation is 1. The summed E-state index contributed by atoms with van der Waals surface area (Å²) < 4.78 is 22.8. The molecule has 0 aliphatic heterocycles. The molecule has 2 rings (SSSR count). The lowest BCUT2D eigenvalue weighted by atomic mass is 10.1. The van der Waals surface area contributed by atoms with E-state index in [1.807, 2.05) is 13.0 Å². The van der Waals surface area contributed by atoms with Crippen LogP contribution in [0, 0.1) is 0 Å². The summed E-state index contributed by atoms with van der Waals surface area (Å²) in [6.45, 7) is 4.92. The molecule has 3 N–H and O–H groups in total. The van der Waals surface area contributed by atoms with Crippen LogP contribution in [0.3, 0.4) is 0 Å². The van der Waals surface area contributed by atoms with E-state index in [2.05, 4.69) is 24.4 Å². The first-order valence-electron chi connectivity index (χ1n) is 6.84. The van der Waals surface area contributed by atoms with Crippen molar-refractivity contribution in [1.82, 2.24) is 5.32 Å². The normalized spacial score (nSPS) is 13.3. The molecule has 0 amide bonds. The van der Waals surface area contributed by atoms with Gasteiger partial charge >= 0.3 is 0 Å². The van der Waals surface area contributed by atoms with Crippen LogP contribution in [0.1, 0.15) is 35.2 Å². The van der Waals surface area contributed by atoms with Crippen molar-refractivity contribution in [1.29, 1.82) is 0 Å². The van der Waals surface area contributed by atoms with Crippen molar-refractivity contribution in [2.24, 2.45) is 5.14 Å². The highest BCUT2D eigenvalue weighted by molar-refractivity contribution is 7.89. The Morgan fingerprint density at radius 1 is 1.24 bits per heavy atom. The van der Waals surface area contributed by atoms with Gasteiger partial charge < -0.3 is 5.32 Å². The predicted molar refractivity (Wildman–Crippen MR) is 86.8 cm³/mol. The van der Waals surface area contributed by atoms with Crippen LogP contribution in [0.4, 0.5) is 0 Å². The lowest BCUT2D eigenvalue weighted by Gasteiger charge is -2.14. The molecular weight excluding hydrogens is 304 g/mol. The Morgan fingerprint density at radius 3 is 2.57 bits per heavy atom. The van der Waals surface area contributed by atoms with Crippen LogP contribution < -0.4 is 10.5 Å². The van der Waals surface area contributed by atoms with Gasteiger partial charge in [0.2, 0.25) is 10.0 Å². The van der Waals surface area contributed by atoms with Crippen molar-refractivity contribution in [3.8, 4) is 0 Å². The van der Waals surface area contributed by atoms with Crippen LogP contribution in [0.5, 0.6) is 0 Å². The molecule has 0 saturated heterocycles. The summed E-state index contributed by atoms with van der Waals surface area (Å²) in [5.74, 6) is 0. The van der Waals surface area contributed by atoms with Gasteiger partial charge in [-0.05, 0) is 43.2 Å². The standard InChI is InChI=1S/C15H20N2O2S2/c1-3-13-7-8-14(20-13)10-17-11(2)12-5-4-6-15(9-12)21(16,18)19/h4-9,11,17H,3,10H2,1-2H3,(H2,16,18,19). The minimum absolute atomic E-state index is 0.0545. The molecule has 0 aliphatic rings. The smallest absolute Gasteiger partial charge is 0.238 e. The number of nitrogens with one attached hydrogen (secondary N) is 1. The van der Waals surface area contributed by atoms with E-state index < -0.39 is 10.0 Å². The molecule has 0 fully saturated rings. The number of primary sulfonamides is 1. The van der Waals surface area contributed by atoms with E-state index in [4.69, 9.17) is 5.14 Å². The third-order valence-corrected chi connectivity index (χ3v) is 5.48. The molecule has 6 heteroatoms. The first-order chi connectivity index (χ1) is 9.90. The Hall–Kier alpha value is -1.21. The van der Waals surface area contributed by atoms with Crippen molar-refractivity contribution >= 4 is 21.4 Å². The third kappa shape index (κ3) is 4.38. The second-order valence-electron chi connectivity index (χ2n) is 4.94. The number of hydrogen-bond donors (Lipinski definition) is 2. The average molecular weight is 324 g/mol. The summed E-state index contributed by atoms with van der Waals surface area (Å²) in [5, 5.41) is 8.57. The fraction of sp³-hybridized carbons (Fsp3) is 0.333. The van der Waals surface area contributed by atoms with Crippen LogP contribution in [0.15, 0.2) is 41.3 Å². The van der Waals surface area contributed by atoms with Crippen LogP contribution in [-0.4, -0.2) is 8.42 Å². The monoisotopic (exact) mass is 324 g/mol. The second kappa shape index (κ2) is 6.70. The zero-order valence-corrected chi connectivity index (χ0v) is 13.8. The summed E-state index contributed by atoms with van der Waals surface area (Å²) in [5.41, 5.74) is 0.911. The van der Waals surface area contributed by atoms with Crippen LogP contribution in [-0.2, 0) is 23.0 Å². The van der Waals surface area contributed by atoms with Crippen molar-refractivity contribution in [3.63, 3.8) is 0 Å². The number of rotatable bonds is 6. The number of benzene rings is 1. The molecule has 0 spiro atoms. The van der Waals surface area contributed by atoms with E-state index >= 15 is 0 Å². The molecule has 0 saturated carbocycles. The van der Waals surface area contributed by atoms with Gasteiger partial charge in [0.05, 0.1) is 4.90 Å². The van der Waals surface area contributed by atoms with Crippen LogP contribution >= 0.6 is 11.3 Å². The Labute approximate surface area is 130 Å². The SMILES string of the molecule is CCc1ccc(CNC(C)c2cccc(S(N)(=O)=O)c2)s1. The number of hydrogen-bond acceptors (Lipinski definition) is 4. The van der Waals surface area contributed by atoms with Crippen molar-refractivity contribution in [2.75, 3.05) is 0 Å². The number of sulfonamides is 1. The van der Waals surface area contributed by atoms with Gasteiger partial charge in [0, 0.05) is 22.3 Å². The lowest BCUT2D eigenvalue weighted by Crippen LogP contribution is -2.18. The fourth-order valence-electron chi connectivity index (χ4n) is 2.04. The Kier molecular flexibility index (Phi) is 5.16. The first kappa shape index (κ1) is 16.2. The highest BCUT2D eigenvalue weighted by Crippen LogP contribution is 2.20. The average Bonchev–Trinajstić information content (AvgIpc) is 2.92. The highest BCUT2D eigenvalue weighted by Gasteiger charge is 2.11. The van der Waals surface area contributed by atoms with E-state index in [-0.39, 0.29) is 10.9 Å². The van der Waals surface area contributed by atoms with E-state index in [0.29, 0.717) is 0 Å². The lowest BCUT2D eigenvalue weighted by molar-refractivity contribution is 0.576. The number of nitrogens with two attached hydrogens (primary N) is 1. The fourth-order valence-corrected chi connectivity index (χ4v) is 3.52. The van der Waals surface area contributed by atoms with Gasteiger partial charge in [-0.3, -0.25) is 0 Å². The maximum Gasteiger partial charge on any atom is 0.238 e. The molecule has 1 atom stereocenters. The maximum atomic E-state index is 11.4. The molecule has 1 aromatic heterocycles. The molecular formula is C15H20N2O2S2. The molecule has 2 aromatic rings. The zero-order chi connectivity index (χ0) is 15.5. The quantitative estimate of drug-likeness (QED) is 0.858. The number of thiophene rings is 1. The zero-order valence-electron chi connectivity index (χ0n) is 12.2. The Balaban J connectivity index is 2.05. The predicted octanol–water partition coefficient (Wildman–Crippen LogP) is 2.81. The summed E-state index contributed by atoms with van der Waals surface area (Å²) in [4.78, 5) is 2.80. The Morgan fingerprint density at radius 2 is 1.95 bits per heavy atom. The van der Waals surface area contributed by atoms with Gasteiger partial charge in [-0.25, -0.2) is 13.6 Å². The molecule has 0 aliphatic carbocycles. The van der Waals surface area contributed by atoms with Gasteiger partial charge in [-0.15, -0.1) is 11.3 Å². The summed E-state index contributed by atoms with van der Waals surface area (Å²) >= 11 is 1.80. The summed E-state index contributed by atoms with van der Waals surface area (Å²) in [6.07, 6.45) is 1.05. The third-order valence-electron chi connectivity index (χ3n) is 3.33. The molecule has 114 valence electrons. The van der Waals surface area contributed by atoms with Gasteiger partial charge in [0.25, 0.3) is 0 Å². The van der Waals surface area contributed by atoms with E-state index in [9.17, 15) is 8.42 Å². The van der Waals surface area contributed by atoms with Crippen LogP contribution in [0.2, 0.25) is 0 Å². The Bertz CT molecular complexity index is 708. The van der Waals surface area contributed by atoms with Crippen LogP contribution in [0.25, 0.3) is 0 Å². The summed E-state index contributed by atoms with van der Waals surface area (Å²) in [6, 6.07) is 11.1. The molecule has 4 nitrogen and oxygen atoms in total. The van der Waals surface area contributed by atoms with Crippen molar-refractivity contribution in [3.05, 3.63) is 51.7 Å². The molecule has 21 heavy (non-hydrogen) atoms. The molecule has 1 heterocycles. The minimum Gasteiger partial charge on any atom is -0.305 e. The molecule has 0 radical (unpaired) electrons. The topological polar surface area (TPSA) is 72.2 Å². The molecule has 0 bridgehead atoms. The minimum atomic E-state index is -3.65. The highest BCUT2D eigenvalue weighted by atomic mass is 32.2. The van der Waals surface area contributed by atoms with Crippen molar-refractivity contribution in [2.45, 2.75) is 37.8 Å². The largest absolute Gasteiger partial charge is 0.305 e. The van der Waals surface area contributed by atoms with Gasteiger partial charge in [-0.2, -0.15) is 0 Å². The van der Waals surface area contributed by atoms with Crippen molar-refractivity contribution < 1.29 is 8.42 Å².